The second-order valence-corrected chi connectivity index (χ2v) is 2.33. The van der Waals surface area contributed by atoms with Crippen LogP contribution in [-0.2, 0) is 6.61 Å². The molecule has 0 heterocycles. The Hall–Kier alpha value is -1.09. The van der Waals surface area contributed by atoms with Crippen molar-refractivity contribution in [1.82, 2.24) is 0 Å². The molecule has 0 aromatic heterocycles. The van der Waals surface area contributed by atoms with Gasteiger partial charge in [0.2, 0.25) is 0 Å². The Labute approximate surface area is 63.9 Å². The Morgan fingerprint density at radius 2 is 2.09 bits per heavy atom. The zero-order valence-corrected chi connectivity index (χ0v) is 6.13. The fourth-order valence-electron chi connectivity index (χ4n) is 0.914. The van der Waals surface area contributed by atoms with Gasteiger partial charge in [-0.25, -0.2) is 4.39 Å². The second kappa shape index (κ2) is 2.88. The van der Waals surface area contributed by atoms with Crippen LogP contribution in [0.3, 0.4) is 0 Å². The first-order chi connectivity index (χ1) is 5.16. The molecule has 11 heavy (non-hydrogen) atoms. The number of benzene rings is 1. The quantitative estimate of drug-likeness (QED) is 0.644. The summed E-state index contributed by atoms with van der Waals surface area (Å²) in [6.45, 7) is 1.18. The third-order valence-corrected chi connectivity index (χ3v) is 1.67. The van der Waals surface area contributed by atoms with Gasteiger partial charge in [-0.05, 0) is 24.6 Å². The molecule has 0 radical (unpaired) electrons. The van der Waals surface area contributed by atoms with Gasteiger partial charge >= 0.3 is 0 Å². The summed E-state index contributed by atoms with van der Waals surface area (Å²) in [4.78, 5) is 0. The lowest BCUT2D eigenvalue weighted by Gasteiger charge is -2.04. The van der Waals surface area contributed by atoms with Gasteiger partial charge in [0, 0.05) is 5.56 Å². The summed E-state index contributed by atoms with van der Waals surface area (Å²) >= 11 is 0. The predicted molar refractivity (Wildman–Crippen MR) is 38.7 cm³/mol. The average Bonchev–Trinajstić information content (AvgIpc) is 1.99. The summed E-state index contributed by atoms with van der Waals surface area (Å²) in [6, 6.07) is 2.40. The van der Waals surface area contributed by atoms with Gasteiger partial charge < -0.3 is 10.2 Å². The zero-order chi connectivity index (χ0) is 8.43. The first-order valence-electron chi connectivity index (χ1n) is 3.24. The molecule has 1 rings (SSSR count). The van der Waals surface area contributed by atoms with E-state index < -0.39 is 5.82 Å². The first kappa shape index (κ1) is 8.01. The van der Waals surface area contributed by atoms with E-state index in [1.54, 1.807) is 0 Å². The summed E-state index contributed by atoms with van der Waals surface area (Å²) < 4.78 is 12.7. The van der Waals surface area contributed by atoms with Crippen LogP contribution in [0.2, 0.25) is 0 Å². The van der Waals surface area contributed by atoms with E-state index >= 15 is 0 Å². The summed E-state index contributed by atoms with van der Waals surface area (Å²) in [7, 11) is 0. The minimum Gasteiger partial charge on any atom is -0.508 e. The van der Waals surface area contributed by atoms with Gasteiger partial charge in [0.15, 0.2) is 0 Å². The molecule has 0 saturated carbocycles. The number of halogens is 1. The lowest BCUT2D eigenvalue weighted by atomic mass is 10.1. The van der Waals surface area contributed by atoms with Crippen LogP contribution in [0.5, 0.6) is 5.75 Å². The second-order valence-electron chi connectivity index (χ2n) is 2.33. The third kappa shape index (κ3) is 1.33. The molecule has 3 heteroatoms. The molecule has 60 valence electrons. The van der Waals surface area contributed by atoms with E-state index in [-0.39, 0.29) is 17.9 Å². The van der Waals surface area contributed by atoms with Crippen molar-refractivity contribution in [1.29, 1.82) is 0 Å². The van der Waals surface area contributed by atoms with E-state index in [1.165, 1.54) is 19.1 Å². The lowest BCUT2D eigenvalue weighted by Crippen LogP contribution is -1.92. The zero-order valence-electron chi connectivity index (χ0n) is 6.13. The molecule has 0 fully saturated rings. The van der Waals surface area contributed by atoms with E-state index in [0.29, 0.717) is 5.56 Å². The van der Waals surface area contributed by atoms with Crippen LogP contribution in [-0.4, -0.2) is 10.2 Å². The minimum absolute atomic E-state index is 0.0635. The molecule has 0 atom stereocenters. The standard InChI is InChI=1S/C8H9FO2/c1-5-6(4-10)8(11)3-2-7(5)9/h2-3,10-11H,4H2,1H3. The monoisotopic (exact) mass is 156 g/mol. The maximum Gasteiger partial charge on any atom is 0.126 e. The van der Waals surface area contributed by atoms with Gasteiger partial charge in [-0.3, -0.25) is 0 Å². The Morgan fingerprint density at radius 3 is 2.55 bits per heavy atom. The average molecular weight is 156 g/mol. The topological polar surface area (TPSA) is 40.5 Å². The van der Waals surface area contributed by atoms with Crippen LogP contribution in [0.4, 0.5) is 4.39 Å². The van der Waals surface area contributed by atoms with Gasteiger partial charge in [-0.2, -0.15) is 0 Å². The van der Waals surface area contributed by atoms with Crippen molar-refractivity contribution < 1.29 is 14.6 Å². The molecule has 0 unspecified atom stereocenters. The SMILES string of the molecule is Cc1c(F)ccc(O)c1CO. The maximum atomic E-state index is 12.7. The number of rotatable bonds is 1. The largest absolute Gasteiger partial charge is 0.508 e. The van der Waals surface area contributed by atoms with Gasteiger partial charge in [-0.15, -0.1) is 0 Å². The van der Waals surface area contributed by atoms with Gasteiger partial charge in [0.05, 0.1) is 6.61 Å². The van der Waals surface area contributed by atoms with E-state index in [0.717, 1.165) is 0 Å². The third-order valence-electron chi connectivity index (χ3n) is 1.67. The van der Waals surface area contributed by atoms with Crippen LogP contribution in [0, 0.1) is 12.7 Å². The molecule has 1 aromatic carbocycles. The lowest BCUT2D eigenvalue weighted by molar-refractivity contribution is 0.273. The molecule has 0 aliphatic heterocycles. The molecule has 0 spiro atoms. The molecule has 0 bridgehead atoms. The van der Waals surface area contributed by atoms with Crippen molar-refractivity contribution in [2.75, 3.05) is 0 Å². The number of hydrogen-bond donors (Lipinski definition) is 2. The normalized spacial score (nSPS) is 10.1. The van der Waals surface area contributed by atoms with Crippen molar-refractivity contribution in [3.05, 3.63) is 29.1 Å². The number of aliphatic hydroxyl groups excluding tert-OH is 1. The molecular formula is C8H9FO2. The molecule has 2 nitrogen and oxygen atoms in total. The number of aromatic hydroxyl groups is 1. The highest BCUT2D eigenvalue weighted by molar-refractivity contribution is 5.38. The van der Waals surface area contributed by atoms with Crippen molar-refractivity contribution in [2.24, 2.45) is 0 Å². The molecule has 0 amide bonds. The van der Waals surface area contributed by atoms with Crippen LogP contribution < -0.4 is 0 Å². The Kier molecular flexibility index (Phi) is 2.10. The summed E-state index contributed by atoms with van der Waals surface area (Å²) in [5, 5.41) is 17.8. The predicted octanol–water partition coefficient (Wildman–Crippen LogP) is 1.33. The number of hydrogen-bond acceptors (Lipinski definition) is 2. The smallest absolute Gasteiger partial charge is 0.126 e. The molecule has 0 aliphatic rings. The number of phenols is 1. The van der Waals surface area contributed by atoms with Crippen LogP contribution in [0.15, 0.2) is 12.1 Å². The highest BCUT2D eigenvalue weighted by Crippen LogP contribution is 2.22. The minimum atomic E-state index is -0.410. The van der Waals surface area contributed by atoms with E-state index in [4.69, 9.17) is 10.2 Å². The Morgan fingerprint density at radius 1 is 1.45 bits per heavy atom. The summed E-state index contributed by atoms with van der Waals surface area (Å²) in [6.07, 6.45) is 0. The van der Waals surface area contributed by atoms with Crippen LogP contribution >= 0.6 is 0 Å². The van der Waals surface area contributed by atoms with Crippen molar-refractivity contribution in [3.63, 3.8) is 0 Å². The van der Waals surface area contributed by atoms with E-state index in [9.17, 15) is 4.39 Å². The fourth-order valence-corrected chi connectivity index (χ4v) is 0.914. The fraction of sp³-hybridized carbons (Fsp3) is 0.250. The van der Waals surface area contributed by atoms with E-state index in [1.807, 2.05) is 0 Å². The van der Waals surface area contributed by atoms with Crippen LogP contribution in [0.25, 0.3) is 0 Å². The van der Waals surface area contributed by atoms with Crippen molar-refractivity contribution in [2.45, 2.75) is 13.5 Å². The Balaban J connectivity index is 3.29. The molecule has 2 N–H and O–H groups in total. The van der Waals surface area contributed by atoms with Crippen molar-refractivity contribution >= 4 is 0 Å². The van der Waals surface area contributed by atoms with Gasteiger partial charge in [0.1, 0.15) is 11.6 Å². The van der Waals surface area contributed by atoms with Crippen molar-refractivity contribution in [3.8, 4) is 5.75 Å². The molecule has 1 aromatic rings. The highest BCUT2D eigenvalue weighted by Gasteiger charge is 2.06. The molecular weight excluding hydrogens is 147 g/mol. The highest BCUT2D eigenvalue weighted by atomic mass is 19.1. The van der Waals surface area contributed by atoms with Gasteiger partial charge in [-0.1, -0.05) is 0 Å². The summed E-state index contributed by atoms with van der Waals surface area (Å²) in [5.74, 6) is -0.474. The summed E-state index contributed by atoms with van der Waals surface area (Å²) in [5.41, 5.74) is 0.553. The number of aliphatic hydroxyl groups is 1. The first-order valence-corrected chi connectivity index (χ1v) is 3.24. The van der Waals surface area contributed by atoms with Crippen LogP contribution in [0.1, 0.15) is 11.1 Å². The van der Waals surface area contributed by atoms with Gasteiger partial charge in [0.25, 0.3) is 0 Å². The van der Waals surface area contributed by atoms with E-state index in [2.05, 4.69) is 0 Å². The molecule has 0 aliphatic carbocycles. The molecule has 0 saturated heterocycles. The Bertz CT molecular complexity index is 271. The maximum absolute atomic E-state index is 12.7.